The van der Waals surface area contributed by atoms with Crippen molar-refractivity contribution >= 4 is 29.9 Å². The second-order valence-corrected chi connectivity index (χ2v) is 6.25. The van der Waals surface area contributed by atoms with E-state index in [-0.39, 0.29) is 30.1 Å². The van der Waals surface area contributed by atoms with Gasteiger partial charge in [-0.15, -0.1) is 24.0 Å². The number of aliphatic imine (C=N–C) groups is 1. The Morgan fingerprint density at radius 3 is 2.93 bits per heavy atom. The maximum Gasteiger partial charge on any atom is 0.191 e. The molecule has 2 N–H and O–H groups in total. The van der Waals surface area contributed by atoms with Crippen molar-refractivity contribution in [2.45, 2.75) is 39.5 Å². The second-order valence-electron chi connectivity index (χ2n) is 6.25. The van der Waals surface area contributed by atoms with Gasteiger partial charge in [0.05, 0.1) is 26.3 Å². The van der Waals surface area contributed by atoms with E-state index in [1.54, 1.807) is 6.26 Å². The average molecular weight is 486 g/mol. The minimum Gasteiger partial charge on any atom is -0.488 e. The van der Waals surface area contributed by atoms with Gasteiger partial charge >= 0.3 is 0 Å². The number of aryl methyl sites for hydroxylation is 1. The van der Waals surface area contributed by atoms with Crippen molar-refractivity contribution in [3.8, 4) is 5.75 Å². The van der Waals surface area contributed by atoms with Crippen LogP contribution in [0.15, 0.2) is 40.0 Å². The number of nitrogens with one attached hydrogen (secondary N) is 2. The normalized spacial score (nSPS) is 16.7. The first-order valence-electron chi connectivity index (χ1n) is 9.00. The van der Waals surface area contributed by atoms with Gasteiger partial charge < -0.3 is 24.6 Å². The van der Waals surface area contributed by atoms with Crippen molar-refractivity contribution in [1.29, 1.82) is 0 Å². The molecule has 1 aliphatic heterocycles. The molecule has 1 aliphatic rings. The standard InChI is InChI=1S/C19H26N4O3.HI/c1-3-20-19(22-12-16-6-9-25-23-16)21-11-15-5-4-14(2)10-18(15)26-17-7-8-24-13-17;/h4-6,9-10,17H,3,7-8,11-13H2,1-2H3,(H2,20,21,22);1H. The highest BCUT2D eigenvalue weighted by molar-refractivity contribution is 14.0. The van der Waals surface area contributed by atoms with Gasteiger partial charge in [0.2, 0.25) is 0 Å². The van der Waals surface area contributed by atoms with Crippen LogP contribution >= 0.6 is 24.0 Å². The number of halogens is 1. The molecule has 0 radical (unpaired) electrons. The average Bonchev–Trinajstić information content (AvgIpc) is 3.32. The Morgan fingerprint density at radius 1 is 1.33 bits per heavy atom. The van der Waals surface area contributed by atoms with E-state index in [1.165, 1.54) is 5.56 Å². The summed E-state index contributed by atoms with van der Waals surface area (Å²) in [4.78, 5) is 4.67. The summed E-state index contributed by atoms with van der Waals surface area (Å²) >= 11 is 0. The maximum absolute atomic E-state index is 6.14. The molecule has 0 aliphatic carbocycles. The fraction of sp³-hybridized carbons (Fsp3) is 0.474. The summed E-state index contributed by atoms with van der Waals surface area (Å²) in [5.41, 5.74) is 3.06. The van der Waals surface area contributed by atoms with Gasteiger partial charge in [0, 0.05) is 24.6 Å². The highest BCUT2D eigenvalue weighted by Crippen LogP contribution is 2.24. The van der Waals surface area contributed by atoms with Crippen LogP contribution in [0.2, 0.25) is 0 Å². The molecule has 1 fully saturated rings. The van der Waals surface area contributed by atoms with Gasteiger partial charge in [-0.3, -0.25) is 0 Å². The lowest BCUT2D eigenvalue weighted by Gasteiger charge is -2.16. The van der Waals surface area contributed by atoms with Crippen LogP contribution in [-0.2, 0) is 17.8 Å². The van der Waals surface area contributed by atoms with Crippen LogP contribution in [-0.4, -0.2) is 37.0 Å². The molecule has 1 unspecified atom stereocenters. The predicted octanol–water partition coefficient (Wildman–Crippen LogP) is 3.02. The summed E-state index contributed by atoms with van der Waals surface area (Å²) < 4.78 is 16.4. The van der Waals surface area contributed by atoms with Crippen LogP contribution in [0.4, 0.5) is 0 Å². The minimum atomic E-state index is 0. The Labute approximate surface area is 176 Å². The van der Waals surface area contributed by atoms with Gasteiger partial charge in [0.15, 0.2) is 5.96 Å². The van der Waals surface area contributed by atoms with Gasteiger partial charge in [-0.25, -0.2) is 4.99 Å². The van der Waals surface area contributed by atoms with Crippen molar-refractivity contribution < 1.29 is 14.0 Å². The number of guanidine groups is 1. The molecule has 0 spiro atoms. The topological polar surface area (TPSA) is 80.9 Å². The number of benzene rings is 1. The highest BCUT2D eigenvalue weighted by Gasteiger charge is 2.18. The number of aromatic nitrogens is 1. The van der Waals surface area contributed by atoms with Crippen molar-refractivity contribution in [3.63, 3.8) is 0 Å². The molecule has 0 bridgehead atoms. The second kappa shape index (κ2) is 11.1. The zero-order valence-corrected chi connectivity index (χ0v) is 18.1. The Hall–Kier alpha value is -1.81. The first-order valence-corrected chi connectivity index (χ1v) is 9.00. The Balaban J connectivity index is 0.00000261. The monoisotopic (exact) mass is 486 g/mol. The van der Waals surface area contributed by atoms with E-state index in [0.717, 1.165) is 42.5 Å². The van der Waals surface area contributed by atoms with Crippen LogP contribution in [0.3, 0.4) is 0 Å². The van der Waals surface area contributed by atoms with Gasteiger partial charge in [0.1, 0.15) is 23.8 Å². The van der Waals surface area contributed by atoms with Gasteiger partial charge in [-0.2, -0.15) is 0 Å². The van der Waals surface area contributed by atoms with E-state index in [9.17, 15) is 0 Å². The first-order chi connectivity index (χ1) is 12.7. The third kappa shape index (κ3) is 6.69. The Bertz CT molecular complexity index is 716. The number of rotatable bonds is 7. The summed E-state index contributed by atoms with van der Waals surface area (Å²) in [6.45, 7) is 7.37. The fourth-order valence-corrected chi connectivity index (χ4v) is 2.70. The van der Waals surface area contributed by atoms with Crippen LogP contribution in [0.25, 0.3) is 0 Å². The third-order valence-electron chi connectivity index (χ3n) is 4.08. The van der Waals surface area contributed by atoms with Crippen LogP contribution < -0.4 is 15.4 Å². The number of hydrogen-bond acceptors (Lipinski definition) is 5. The van der Waals surface area contributed by atoms with Crippen molar-refractivity contribution in [3.05, 3.63) is 47.3 Å². The zero-order chi connectivity index (χ0) is 18.2. The molecule has 2 aromatic rings. The lowest BCUT2D eigenvalue weighted by atomic mass is 10.1. The zero-order valence-electron chi connectivity index (χ0n) is 15.7. The van der Waals surface area contributed by atoms with Crippen molar-refractivity contribution in [2.75, 3.05) is 19.8 Å². The van der Waals surface area contributed by atoms with E-state index >= 15 is 0 Å². The van der Waals surface area contributed by atoms with Crippen molar-refractivity contribution in [2.24, 2.45) is 4.99 Å². The van der Waals surface area contributed by atoms with Gasteiger partial charge in [-0.1, -0.05) is 17.3 Å². The van der Waals surface area contributed by atoms with E-state index in [1.807, 2.05) is 13.0 Å². The third-order valence-corrected chi connectivity index (χ3v) is 4.08. The lowest BCUT2D eigenvalue weighted by Crippen LogP contribution is -2.36. The first kappa shape index (κ1) is 21.5. The number of hydrogen-bond donors (Lipinski definition) is 2. The molecule has 1 saturated heterocycles. The quantitative estimate of drug-likeness (QED) is 0.356. The highest BCUT2D eigenvalue weighted by atomic mass is 127. The molecule has 1 aromatic heterocycles. The maximum atomic E-state index is 6.14. The van der Waals surface area contributed by atoms with Crippen molar-refractivity contribution in [1.82, 2.24) is 15.8 Å². The molecule has 3 rings (SSSR count). The molecule has 7 nitrogen and oxygen atoms in total. The van der Waals surface area contributed by atoms with Gasteiger partial charge in [0.25, 0.3) is 0 Å². The van der Waals surface area contributed by atoms with Crippen LogP contribution in [0, 0.1) is 6.92 Å². The summed E-state index contributed by atoms with van der Waals surface area (Å²) in [7, 11) is 0. The van der Waals surface area contributed by atoms with E-state index in [2.05, 4.69) is 45.9 Å². The largest absolute Gasteiger partial charge is 0.488 e. The molecule has 2 heterocycles. The molecule has 1 atom stereocenters. The number of ether oxygens (including phenoxy) is 2. The van der Waals surface area contributed by atoms with Crippen LogP contribution in [0.5, 0.6) is 5.75 Å². The lowest BCUT2D eigenvalue weighted by molar-refractivity contribution is 0.140. The van der Waals surface area contributed by atoms with Gasteiger partial charge in [-0.05, 0) is 25.5 Å². The SMILES string of the molecule is CCNC(=NCc1ccc(C)cc1OC1CCOC1)NCc1ccon1.I. The smallest absolute Gasteiger partial charge is 0.191 e. The van der Waals surface area contributed by atoms with E-state index < -0.39 is 0 Å². The Morgan fingerprint density at radius 2 is 2.22 bits per heavy atom. The fourth-order valence-electron chi connectivity index (χ4n) is 2.70. The summed E-state index contributed by atoms with van der Waals surface area (Å²) in [5.74, 6) is 1.61. The predicted molar refractivity (Wildman–Crippen MR) is 115 cm³/mol. The molecule has 0 saturated carbocycles. The van der Waals surface area contributed by atoms with E-state index in [0.29, 0.717) is 19.7 Å². The molecule has 1 aromatic carbocycles. The molecular weight excluding hydrogens is 459 g/mol. The van der Waals surface area contributed by atoms with Crippen LogP contribution in [0.1, 0.15) is 30.2 Å². The molecule has 27 heavy (non-hydrogen) atoms. The summed E-state index contributed by atoms with van der Waals surface area (Å²) in [6, 6.07) is 8.05. The number of nitrogens with zero attached hydrogens (tertiary/aromatic N) is 2. The Kier molecular flexibility index (Phi) is 8.86. The summed E-state index contributed by atoms with van der Waals surface area (Å²) in [5, 5.41) is 10.4. The minimum absolute atomic E-state index is 0. The molecule has 0 amide bonds. The summed E-state index contributed by atoms with van der Waals surface area (Å²) in [6.07, 6.45) is 2.61. The van der Waals surface area contributed by atoms with E-state index in [4.69, 9.17) is 14.0 Å². The molecular formula is C19H27IN4O3. The molecule has 8 heteroatoms. The molecule has 148 valence electrons.